The van der Waals surface area contributed by atoms with E-state index in [1.54, 1.807) is 59.1 Å². The molecule has 13 heteroatoms. The first kappa shape index (κ1) is 45.9. The fourth-order valence-corrected chi connectivity index (χ4v) is 7.91. The van der Waals surface area contributed by atoms with Gasteiger partial charge in [-0.2, -0.15) is 0 Å². The molecule has 53 heavy (non-hydrogen) atoms. The van der Waals surface area contributed by atoms with Crippen LogP contribution in [0.3, 0.4) is 0 Å². The summed E-state index contributed by atoms with van der Waals surface area (Å²) in [5.74, 6) is -6.14. The van der Waals surface area contributed by atoms with E-state index >= 15 is 9.59 Å². The first-order valence-corrected chi connectivity index (χ1v) is 18.9. The number of methoxy groups -OCH3 is 2. The van der Waals surface area contributed by atoms with Crippen molar-refractivity contribution < 1.29 is 38.6 Å². The molecule has 13 nitrogen and oxygen atoms in total. The van der Waals surface area contributed by atoms with E-state index in [2.05, 4.69) is 10.6 Å². The van der Waals surface area contributed by atoms with E-state index in [1.807, 2.05) is 47.6 Å². The number of benzene rings is 1. The Bertz CT molecular complexity index is 1410. The molecule has 4 unspecified atom stereocenters. The van der Waals surface area contributed by atoms with E-state index in [1.165, 1.54) is 24.0 Å². The van der Waals surface area contributed by atoms with Gasteiger partial charge in [0.25, 0.3) is 0 Å². The van der Waals surface area contributed by atoms with Crippen molar-refractivity contribution in [2.75, 3.05) is 34.9 Å². The van der Waals surface area contributed by atoms with Crippen LogP contribution in [0.15, 0.2) is 30.3 Å². The van der Waals surface area contributed by atoms with E-state index in [-0.39, 0.29) is 31.2 Å². The first-order chi connectivity index (χ1) is 24.8. The normalized spacial score (nSPS) is 23.4. The molecule has 1 heterocycles. The molecule has 2 rings (SSSR count). The molecule has 2 amide bonds. The van der Waals surface area contributed by atoms with E-state index in [9.17, 15) is 19.5 Å². The highest BCUT2D eigenvalue weighted by molar-refractivity contribution is 6.09. The third-order valence-corrected chi connectivity index (χ3v) is 11.9. The summed E-state index contributed by atoms with van der Waals surface area (Å²) in [4.78, 5) is 73.9. The molecule has 1 aromatic carbocycles. The Balaban J connectivity index is 2.83. The molecule has 0 bridgehead atoms. The number of carbonyl (C=O) groups excluding carboxylic acids is 4. The molecule has 1 aliphatic rings. The van der Waals surface area contributed by atoms with Crippen LogP contribution in [0.1, 0.15) is 80.7 Å². The Kier molecular flexibility index (Phi) is 16.8. The molecule has 0 aromatic heterocycles. The predicted octanol–water partition coefficient (Wildman–Crippen LogP) is 3.13. The molecule has 0 aliphatic carbocycles. The van der Waals surface area contributed by atoms with Gasteiger partial charge in [0, 0.05) is 46.7 Å². The Morgan fingerprint density at radius 2 is 1.66 bits per heavy atom. The number of nitrogens with one attached hydrogen (secondary N) is 2. The molecular formula is C40H67N5O8. The number of carboxylic acids is 1. The van der Waals surface area contributed by atoms with Gasteiger partial charge in [-0.05, 0) is 44.2 Å². The van der Waals surface area contributed by atoms with Gasteiger partial charge in [-0.3, -0.25) is 24.5 Å². The second-order valence-electron chi connectivity index (χ2n) is 15.6. The summed E-state index contributed by atoms with van der Waals surface area (Å²) in [6.07, 6.45) is -1.28. The Labute approximate surface area is 317 Å². The summed E-state index contributed by atoms with van der Waals surface area (Å²) in [5, 5.41) is 17.2. The molecule has 0 spiro atoms. The van der Waals surface area contributed by atoms with Crippen molar-refractivity contribution in [1.82, 2.24) is 20.4 Å². The summed E-state index contributed by atoms with van der Waals surface area (Å²) in [6, 6.07) is 6.41. The van der Waals surface area contributed by atoms with Crippen molar-refractivity contribution in [3.8, 4) is 0 Å². The lowest BCUT2D eigenvalue weighted by Gasteiger charge is -2.47. The highest BCUT2D eigenvalue weighted by Crippen LogP contribution is 2.39. The smallest absolute Gasteiger partial charge is 0.326 e. The number of ketones is 2. The van der Waals surface area contributed by atoms with E-state index < -0.39 is 88.6 Å². The summed E-state index contributed by atoms with van der Waals surface area (Å²) >= 11 is 0. The Morgan fingerprint density at radius 1 is 1.08 bits per heavy atom. The van der Waals surface area contributed by atoms with Crippen molar-refractivity contribution in [3.63, 3.8) is 0 Å². The van der Waals surface area contributed by atoms with Crippen LogP contribution in [0.2, 0.25) is 0 Å². The van der Waals surface area contributed by atoms with Crippen molar-refractivity contribution in [1.29, 1.82) is 0 Å². The topological polar surface area (TPSA) is 181 Å². The monoisotopic (exact) mass is 745 g/mol. The standard InChI is InChI=1S/C40H67N5O8/c1-14-25(7)32(42-10)34(52-12)30(35(48)39(8,24(5)6)44(11)37(49)31(41)23(3)4)33(47)27-22-43-40(9,36(27)53-13)45(29(46)15-2)28(38(50)51)21-26-19-17-16-18-20-26/h16-20,23-25,27-28,30-32,34,36,42-43H,14-15,21-22,41H2,1-13H3,(H,50,51)/t25?,27-,28+,30?,31+,32?,34?,36-,39+,40-/m1/s1. The van der Waals surface area contributed by atoms with Crippen molar-refractivity contribution in [3.05, 3.63) is 35.9 Å². The SMILES string of the molecule is CCC(=O)N([C@@H](Cc1ccccc1)C(=O)O)[C@@]1(C)NC[C@H](C(=O)C(C(=O)[C@](C)(C(C)C)N(C)C(=O)[C@@H](N)C(C)C)C(OC)C(NC)C(C)CC)[C@H]1OC. The van der Waals surface area contributed by atoms with Crippen LogP contribution in [0.4, 0.5) is 0 Å². The maximum absolute atomic E-state index is 15.4. The van der Waals surface area contributed by atoms with Crippen LogP contribution < -0.4 is 16.4 Å². The van der Waals surface area contributed by atoms with Crippen LogP contribution in [-0.2, 0) is 39.9 Å². The number of ether oxygens (including phenoxy) is 2. The zero-order valence-corrected chi connectivity index (χ0v) is 34.3. The van der Waals surface area contributed by atoms with E-state index in [0.717, 1.165) is 12.0 Å². The van der Waals surface area contributed by atoms with Crippen molar-refractivity contribution >= 4 is 29.4 Å². The lowest BCUT2D eigenvalue weighted by molar-refractivity contribution is -0.165. The second kappa shape index (κ2) is 19.4. The number of carboxylic acid groups (broad SMARTS) is 1. The summed E-state index contributed by atoms with van der Waals surface area (Å²) in [6.45, 7) is 16.3. The Hall–Kier alpha value is -3.23. The highest BCUT2D eigenvalue weighted by atomic mass is 16.5. The number of hydrogen-bond acceptors (Lipinski definition) is 10. The summed E-state index contributed by atoms with van der Waals surface area (Å²) in [7, 11) is 6.19. The molecule has 1 fully saturated rings. The van der Waals surface area contributed by atoms with Crippen LogP contribution in [0.5, 0.6) is 0 Å². The molecular weight excluding hydrogens is 678 g/mol. The molecule has 0 saturated carbocycles. The van der Waals surface area contributed by atoms with Gasteiger partial charge >= 0.3 is 5.97 Å². The van der Waals surface area contributed by atoms with Crippen molar-refractivity contribution in [2.24, 2.45) is 35.3 Å². The molecule has 300 valence electrons. The van der Waals surface area contributed by atoms with Crippen LogP contribution in [0.25, 0.3) is 0 Å². The number of nitrogens with zero attached hydrogens (tertiary/aromatic N) is 2. The number of hydrogen-bond donors (Lipinski definition) is 4. The Morgan fingerprint density at radius 3 is 2.09 bits per heavy atom. The molecule has 5 N–H and O–H groups in total. The fraction of sp³-hybridized carbons (Fsp3) is 0.725. The third kappa shape index (κ3) is 9.36. The van der Waals surface area contributed by atoms with E-state index in [4.69, 9.17) is 15.2 Å². The maximum Gasteiger partial charge on any atom is 0.326 e. The minimum Gasteiger partial charge on any atom is -0.480 e. The summed E-state index contributed by atoms with van der Waals surface area (Å²) < 4.78 is 12.2. The zero-order chi connectivity index (χ0) is 40.6. The third-order valence-electron chi connectivity index (χ3n) is 11.9. The van der Waals surface area contributed by atoms with Gasteiger partial charge in [0.15, 0.2) is 11.6 Å². The number of rotatable bonds is 21. The molecule has 0 radical (unpaired) electrons. The largest absolute Gasteiger partial charge is 0.480 e. The van der Waals surface area contributed by atoms with Crippen LogP contribution in [-0.4, -0.2) is 121 Å². The molecule has 1 aromatic rings. The average molecular weight is 746 g/mol. The minimum absolute atomic E-state index is 0.00211. The minimum atomic E-state index is -1.49. The van der Waals surface area contributed by atoms with Gasteiger partial charge in [0.05, 0.1) is 18.1 Å². The van der Waals surface area contributed by atoms with Gasteiger partial charge < -0.3 is 35.4 Å². The first-order valence-electron chi connectivity index (χ1n) is 18.9. The van der Waals surface area contributed by atoms with Crippen molar-refractivity contribution in [2.45, 2.75) is 123 Å². The molecule has 1 saturated heterocycles. The quantitative estimate of drug-likeness (QED) is 0.136. The number of carbonyl (C=O) groups is 5. The number of Topliss-reactive ketones (excluding diaryl/α,β-unsaturated/α-hetero) is 2. The summed E-state index contributed by atoms with van der Waals surface area (Å²) in [5.41, 5.74) is 4.10. The second-order valence-corrected chi connectivity index (χ2v) is 15.6. The van der Waals surface area contributed by atoms with Crippen LogP contribution >= 0.6 is 0 Å². The van der Waals surface area contributed by atoms with Gasteiger partial charge in [0.1, 0.15) is 29.3 Å². The predicted molar refractivity (Wildman–Crippen MR) is 205 cm³/mol. The van der Waals surface area contributed by atoms with Gasteiger partial charge in [-0.25, -0.2) is 4.79 Å². The zero-order valence-electron chi connectivity index (χ0n) is 34.3. The highest BCUT2D eigenvalue weighted by Gasteiger charge is 2.60. The van der Waals surface area contributed by atoms with Gasteiger partial charge in [0.2, 0.25) is 11.8 Å². The number of amides is 2. The number of likely N-dealkylation sites (N-methyl/N-ethyl adjacent to an activating group) is 2. The van der Waals surface area contributed by atoms with Crippen LogP contribution in [0, 0.1) is 29.6 Å². The van der Waals surface area contributed by atoms with Gasteiger partial charge in [-0.15, -0.1) is 0 Å². The molecule has 1 aliphatic heterocycles. The fourth-order valence-electron chi connectivity index (χ4n) is 7.91. The lowest BCUT2D eigenvalue weighted by Crippen LogP contribution is -2.67. The maximum atomic E-state index is 15.4. The average Bonchev–Trinajstić information content (AvgIpc) is 3.48. The lowest BCUT2D eigenvalue weighted by atomic mass is 9.69. The number of nitrogens with two attached hydrogens (primary N) is 1. The van der Waals surface area contributed by atoms with E-state index in [0.29, 0.717) is 0 Å². The molecule has 10 atom stereocenters. The van der Waals surface area contributed by atoms with Gasteiger partial charge in [-0.1, -0.05) is 85.2 Å². The number of aliphatic carboxylic acids is 1.